The van der Waals surface area contributed by atoms with Crippen molar-refractivity contribution in [3.63, 3.8) is 0 Å². The predicted octanol–water partition coefficient (Wildman–Crippen LogP) is -0.0517. The minimum Gasteiger partial charge on any atom is -0.480 e. The van der Waals surface area contributed by atoms with Crippen molar-refractivity contribution in [1.29, 1.82) is 0 Å². The zero-order chi connectivity index (χ0) is 8.69. The molecule has 0 aliphatic heterocycles. The Kier molecular flexibility index (Phi) is 6.42. The molecule has 0 aromatic heterocycles. The van der Waals surface area contributed by atoms with E-state index < -0.39 is 12.0 Å². The van der Waals surface area contributed by atoms with Gasteiger partial charge in [-0.2, -0.15) is 0 Å². The molecule has 0 saturated heterocycles. The zero-order valence-corrected chi connectivity index (χ0v) is 7.57. The van der Waals surface area contributed by atoms with Crippen LogP contribution in [0.4, 0.5) is 0 Å². The molecule has 0 radical (unpaired) electrons. The summed E-state index contributed by atoms with van der Waals surface area (Å²) in [5, 5.41) is 11.2. The topological polar surface area (TPSA) is 75.3 Å². The third-order valence-corrected chi connectivity index (χ3v) is 1.85. The van der Waals surface area contributed by atoms with Gasteiger partial charge in [-0.15, -0.1) is 0 Å². The highest BCUT2D eigenvalue weighted by Crippen LogP contribution is 2.01. The normalized spacial score (nSPS) is 12.9. The van der Waals surface area contributed by atoms with Crippen LogP contribution in [0.1, 0.15) is 19.3 Å². The van der Waals surface area contributed by atoms with Gasteiger partial charge < -0.3 is 10.8 Å². The second-order valence-electron chi connectivity index (χ2n) is 2.34. The summed E-state index contributed by atoms with van der Waals surface area (Å²) in [5.41, 5.74) is 5.26. The number of rotatable bonds is 6. The molecule has 0 aromatic carbocycles. The Balaban J connectivity index is 3.44. The van der Waals surface area contributed by atoms with Crippen LogP contribution in [-0.4, -0.2) is 23.7 Å². The van der Waals surface area contributed by atoms with Crippen molar-refractivity contribution in [1.82, 2.24) is 5.09 Å². The van der Waals surface area contributed by atoms with E-state index in [1.54, 1.807) is 0 Å². The summed E-state index contributed by atoms with van der Waals surface area (Å²) >= 11 is 0. The number of carboxylic acid groups (broad SMARTS) is 1. The summed E-state index contributed by atoms with van der Waals surface area (Å²) in [6.07, 6.45) is 2.38. The first-order valence-electron chi connectivity index (χ1n) is 3.61. The summed E-state index contributed by atoms with van der Waals surface area (Å²) in [6, 6.07) is -0.452. The lowest BCUT2D eigenvalue weighted by Gasteiger charge is -2.09. The highest BCUT2D eigenvalue weighted by atomic mass is 31.0. The summed E-state index contributed by atoms with van der Waals surface area (Å²) in [7, 11) is 2.21. The maximum atomic E-state index is 10.4. The van der Waals surface area contributed by atoms with E-state index in [2.05, 4.69) is 14.5 Å². The van der Waals surface area contributed by atoms with Gasteiger partial charge in [0.1, 0.15) is 6.04 Å². The molecule has 0 rings (SSSR count). The van der Waals surface area contributed by atoms with E-state index >= 15 is 0 Å². The van der Waals surface area contributed by atoms with Crippen molar-refractivity contribution >= 4 is 15.4 Å². The predicted molar refractivity (Wildman–Crippen MR) is 47.2 cm³/mol. The first-order chi connectivity index (χ1) is 5.22. The van der Waals surface area contributed by atoms with Gasteiger partial charge in [0.25, 0.3) is 0 Å². The third kappa shape index (κ3) is 5.13. The van der Waals surface area contributed by atoms with Crippen LogP contribution in [0.25, 0.3) is 0 Å². The minimum absolute atomic E-state index is 0.452. The van der Waals surface area contributed by atoms with E-state index in [0.29, 0.717) is 13.0 Å². The second-order valence-corrected chi connectivity index (χ2v) is 2.68. The van der Waals surface area contributed by atoms with E-state index in [0.717, 1.165) is 12.8 Å². The van der Waals surface area contributed by atoms with Crippen molar-refractivity contribution < 1.29 is 9.90 Å². The van der Waals surface area contributed by atoms with Gasteiger partial charge in [0, 0.05) is 0 Å². The lowest BCUT2D eigenvalue weighted by molar-refractivity contribution is -0.139. The van der Waals surface area contributed by atoms with Crippen LogP contribution in [0, 0.1) is 0 Å². The molecule has 0 aliphatic rings. The molecular weight excluding hydrogens is 163 g/mol. The number of carboxylic acids is 1. The summed E-state index contributed by atoms with van der Waals surface area (Å²) in [6.45, 7) is 0.628. The smallest absolute Gasteiger partial charge is 0.320 e. The maximum Gasteiger partial charge on any atom is 0.320 e. The Hall–Kier alpha value is -0.180. The Morgan fingerprint density at radius 3 is 2.64 bits per heavy atom. The van der Waals surface area contributed by atoms with Gasteiger partial charge in [0.05, 0.1) is 0 Å². The van der Waals surface area contributed by atoms with E-state index in [9.17, 15) is 4.79 Å². The van der Waals surface area contributed by atoms with Gasteiger partial charge in [0.15, 0.2) is 0 Å². The number of nitrogens with one attached hydrogen (secondary N) is 1. The molecule has 0 spiro atoms. The molecule has 11 heavy (non-hydrogen) atoms. The molecule has 0 aliphatic carbocycles. The van der Waals surface area contributed by atoms with Crippen LogP contribution < -0.4 is 10.8 Å². The monoisotopic (exact) mass is 178 g/mol. The Bertz CT molecular complexity index is 121. The molecule has 5 heteroatoms. The molecular formula is C6H15N2O2P. The summed E-state index contributed by atoms with van der Waals surface area (Å²) in [5.74, 6) is -0.808. The lowest BCUT2D eigenvalue weighted by Crippen LogP contribution is -2.30. The van der Waals surface area contributed by atoms with Crippen molar-refractivity contribution in [2.24, 2.45) is 5.73 Å². The maximum absolute atomic E-state index is 10.4. The van der Waals surface area contributed by atoms with Crippen molar-refractivity contribution in [2.45, 2.75) is 25.3 Å². The average Bonchev–Trinajstić information content (AvgIpc) is 1.97. The van der Waals surface area contributed by atoms with Gasteiger partial charge in [-0.25, -0.2) is 0 Å². The Labute approximate surface area is 68.8 Å². The van der Waals surface area contributed by atoms with E-state index in [1.807, 2.05) is 0 Å². The summed E-state index contributed by atoms with van der Waals surface area (Å²) in [4.78, 5) is 10.4. The summed E-state index contributed by atoms with van der Waals surface area (Å²) < 4.78 is 0. The number of aliphatic carboxylic acids is 1. The quantitative estimate of drug-likeness (QED) is 0.393. The SMILES string of the molecule is NCCCC[C@H](NP)C(=O)O. The minimum atomic E-state index is -0.808. The van der Waals surface area contributed by atoms with Crippen LogP contribution in [0.3, 0.4) is 0 Å². The Morgan fingerprint density at radius 2 is 2.27 bits per heavy atom. The van der Waals surface area contributed by atoms with Gasteiger partial charge >= 0.3 is 5.97 Å². The van der Waals surface area contributed by atoms with E-state index in [-0.39, 0.29) is 0 Å². The van der Waals surface area contributed by atoms with Gasteiger partial charge in [-0.05, 0) is 19.4 Å². The molecule has 4 nitrogen and oxygen atoms in total. The molecule has 2 atom stereocenters. The first-order valence-corrected chi connectivity index (χ1v) is 4.19. The van der Waals surface area contributed by atoms with E-state index in [4.69, 9.17) is 10.8 Å². The number of carbonyl (C=O) groups is 1. The van der Waals surface area contributed by atoms with Crippen LogP contribution in [0.2, 0.25) is 0 Å². The van der Waals surface area contributed by atoms with Crippen LogP contribution >= 0.6 is 9.39 Å². The molecule has 66 valence electrons. The van der Waals surface area contributed by atoms with E-state index in [1.165, 1.54) is 0 Å². The standard InChI is InChI=1S/C6H15N2O2P/c7-4-2-1-3-5(8-11)6(9)10/h5,8H,1-4,7,11H2,(H,9,10)/t5-/m0/s1. The van der Waals surface area contributed by atoms with Gasteiger partial charge in [0.2, 0.25) is 0 Å². The highest BCUT2D eigenvalue weighted by Gasteiger charge is 2.12. The Morgan fingerprint density at radius 1 is 1.64 bits per heavy atom. The van der Waals surface area contributed by atoms with Gasteiger partial charge in [-0.3, -0.25) is 9.88 Å². The van der Waals surface area contributed by atoms with Crippen molar-refractivity contribution in [3.8, 4) is 0 Å². The highest BCUT2D eigenvalue weighted by molar-refractivity contribution is 7.13. The fourth-order valence-corrected chi connectivity index (χ4v) is 1.08. The first kappa shape index (κ1) is 10.8. The second kappa shape index (κ2) is 6.53. The van der Waals surface area contributed by atoms with Crippen molar-refractivity contribution in [2.75, 3.05) is 6.54 Å². The van der Waals surface area contributed by atoms with Gasteiger partial charge in [-0.1, -0.05) is 15.8 Å². The zero-order valence-electron chi connectivity index (χ0n) is 6.42. The molecule has 0 fully saturated rings. The van der Waals surface area contributed by atoms with Crippen LogP contribution in [-0.2, 0) is 4.79 Å². The molecule has 1 unspecified atom stereocenters. The molecule has 0 aromatic rings. The van der Waals surface area contributed by atoms with Crippen molar-refractivity contribution in [3.05, 3.63) is 0 Å². The largest absolute Gasteiger partial charge is 0.480 e. The van der Waals surface area contributed by atoms with Crippen LogP contribution in [0.15, 0.2) is 0 Å². The average molecular weight is 178 g/mol. The lowest BCUT2D eigenvalue weighted by atomic mass is 10.1. The molecule has 4 N–H and O–H groups in total. The van der Waals surface area contributed by atoms with Crippen LogP contribution in [0.5, 0.6) is 0 Å². The number of nitrogens with two attached hydrogens (primary N) is 1. The number of unbranched alkanes of at least 4 members (excludes halogenated alkanes) is 1. The number of hydrogen-bond donors (Lipinski definition) is 3. The fraction of sp³-hybridized carbons (Fsp3) is 0.833. The fourth-order valence-electron chi connectivity index (χ4n) is 0.771. The number of hydrogen-bond acceptors (Lipinski definition) is 3. The molecule has 0 amide bonds. The third-order valence-electron chi connectivity index (χ3n) is 1.45. The molecule has 0 heterocycles. The molecule has 0 bridgehead atoms. The molecule has 0 saturated carbocycles.